The maximum absolute atomic E-state index is 12.2. The van der Waals surface area contributed by atoms with E-state index in [0.29, 0.717) is 30.4 Å². The van der Waals surface area contributed by atoms with Gasteiger partial charge in [-0.1, -0.05) is 6.92 Å². The number of aromatic hydroxyl groups is 1. The van der Waals surface area contributed by atoms with Gasteiger partial charge in [0, 0.05) is 5.69 Å². The lowest BCUT2D eigenvalue weighted by molar-refractivity contribution is -0.119. The third-order valence-electron chi connectivity index (χ3n) is 3.43. The van der Waals surface area contributed by atoms with Gasteiger partial charge in [-0.25, -0.2) is 4.79 Å². The van der Waals surface area contributed by atoms with Crippen molar-refractivity contribution in [2.45, 2.75) is 20.3 Å². The monoisotopic (exact) mass is 373 g/mol. The zero-order chi connectivity index (χ0) is 19.6. The van der Waals surface area contributed by atoms with E-state index in [1.165, 1.54) is 18.2 Å². The number of carbonyl (C=O) groups excluding carboxylic acids is 2. The number of anilines is 1. The summed E-state index contributed by atoms with van der Waals surface area (Å²) in [5, 5.41) is 11.8. The van der Waals surface area contributed by atoms with Gasteiger partial charge in [-0.3, -0.25) is 4.79 Å². The molecule has 2 aromatic rings. The van der Waals surface area contributed by atoms with E-state index in [-0.39, 0.29) is 11.3 Å². The fourth-order valence-electron chi connectivity index (χ4n) is 2.19. The van der Waals surface area contributed by atoms with Crippen LogP contribution < -0.4 is 14.8 Å². The van der Waals surface area contributed by atoms with Crippen LogP contribution in [0.2, 0.25) is 0 Å². The normalized spacial score (nSPS) is 10.1. The molecule has 0 aliphatic heterocycles. The zero-order valence-electron chi connectivity index (χ0n) is 15.4. The van der Waals surface area contributed by atoms with Crippen LogP contribution in [0.5, 0.6) is 17.2 Å². The fraction of sp³-hybridized carbons (Fsp3) is 0.300. The van der Waals surface area contributed by atoms with Crippen molar-refractivity contribution in [3.05, 3.63) is 48.0 Å². The van der Waals surface area contributed by atoms with Crippen molar-refractivity contribution >= 4 is 17.6 Å². The maximum Gasteiger partial charge on any atom is 0.338 e. The minimum atomic E-state index is -0.640. The van der Waals surface area contributed by atoms with Crippen molar-refractivity contribution < 1.29 is 28.9 Å². The Labute approximate surface area is 157 Å². The topological polar surface area (TPSA) is 94.1 Å². The van der Waals surface area contributed by atoms with Crippen LogP contribution in [0.15, 0.2) is 42.5 Å². The van der Waals surface area contributed by atoms with Crippen LogP contribution in [0.25, 0.3) is 0 Å². The van der Waals surface area contributed by atoms with Crippen LogP contribution in [0.1, 0.15) is 30.6 Å². The number of hydrogen-bond donors (Lipinski definition) is 2. The molecule has 0 spiro atoms. The number of rotatable bonds is 9. The van der Waals surface area contributed by atoms with Crippen molar-refractivity contribution in [2.75, 3.05) is 25.1 Å². The van der Waals surface area contributed by atoms with Crippen LogP contribution >= 0.6 is 0 Å². The van der Waals surface area contributed by atoms with Crippen LogP contribution in [-0.4, -0.2) is 36.8 Å². The van der Waals surface area contributed by atoms with Gasteiger partial charge in [-0.15, -0.1) is 0 Å². The van der Waals surface area contributed by atoms with Crippen LogP contribution in [0.4, 0.5) is 5.69 Å². The molecule has 7 nitrogen and oxygen atoms in total. The first-order chi connectivity index (χ1) is 13.0. The Bertz CT molecular complexity index is 773. The van der Waals surface area contributed by atoms with E-state index in [4.69, 9.17) is 14.2 Å². The Morgan fingerprint density at radius 1 is 1.00 bits per heavy atom. The van der Waals surface area contributed by atoms with Crippen molar-refractivity contribution in [1.82, 2.24) is 0 Å². The molecule has 7 heteroatoms. The fourth-order valence-corrected chi connectivity index (χ4v) is 2.19. The van der Waals surface area contributed by atoms with Crippen molar-refractivity contribution in [1.29, 1.82) is 0 Å². The highest BCUT2D eigenvalue weighted by atomic mass is 16.5. The number of carbonyl (C=O) groups is 2. The summed E-state index contributed by atoms with van der Waals surface area (Å²) in [5.41, 5.74) is 0.754. The number of phenolic OH excluding ortho intramolecular Hbond substituents is 1. The van der Waals surface area contributed by atoms with Gasteiger partial charge < -0.3 is 24.6 Å². The predicted molar refractivity (Wildman–Crippen MR) is 100 cm³/mol. The minimum Gasteiger partial charge on any atom is -0.508 e. The second-order valence-electron chi connectivity index (χ2n) is 5.61. The Kier molecular flexibility index (Phi) is 7.49. The Hall–Kier alpha value is -3.22. The highest BCUT2D eigenvalue weighted by molar-refractivity contribution is 5.95. The molecule has 2 rings (SSSR count). The minimum absolute atomic E-state index is 0.0934. The molecule has 0 bridgehead atoms. The van der Waals surface area contributed by atoms with Crippen molar-refractivity contribution in [3.63, 3.8) is 0 Å². The number of ether oxygens (including phenoxy) is 3. The van der Waals surface area contributed by atoms with Crippen molar-refractivity contribution in [2.24, 2.45) is 0 Å². The molecule has 2 N–H and O–H groups in total. The third-order valence-corrected chi connectivity index (χ3v) is 3.43. The molecule has 0 aromatic heterocycles. The molecule has 0 heterocycles. The smallest absolute Gasteiger partial charge is 0.338 e. The number of amides is 1. The standard InChI is InChI=1S/C20H23NO6/c1-3-11-26-17-10-5-14(12-18(17)25-4-2)20(24)27-13-19(23)21-15-6-8-16(22)9-7-15/h5-10,12,22H,3-4,11,13H2,1-2H3,(H,21,23). The zero-order valence-corrected chi connectivity index (χ0v) is 15.4. The lowest BCUT2D eigenvalue weighted by Crippen LogP contribution is -2.20. The number of hydrogen-bond acceptors (Lipinski definition) is 6. The molecule has 0 aliphatic carbocycles. The molecule has 0 saturated heterocycles. The maximum atomic E-state index is 12.2. The third kappa shape index (κ3) is 6.22. The second kappa shape index (κ2) is 10.1. The molecule has 0 atom stereocenters. The first kappa shape index (κ1) is 20.1. The average Bonchev–Trinajstić information content (AvgIpc) is 2.67. The average molecular weight is 373 g/mol. The summed E-state index contributed by atoms with van der Waals surface area (Å²) in [5.74, 6) is -0.0222. The van der Waals surface area contributed by atoms with Gasteiger partial charge in [0.1, 0.15) is 5.75 Å². The molecule has 0 unspecified atom stereocenters. The second-order valence-corrected chi connectivity index (χ2v) is 5.61. The molecule has 2 aromatic carbocycles. The summed E-state index contributed by atoms with van der Waals surface area (Å²) in [6.45, 7) is 4.37. The molecule has 27 heavy (non-hydrogen) atoms. The van der Waals surface area contributed by atoms with Crippen LogP contribution in [-0.2, 0) is 9.53 Å². The molecule has 144 valence electrons. The van der Waals surface area contributed by atoms with E-state index < -0.39 is 18.5 Å². The SMILES string of the molecule is CCCOc1ccc(C(=O)OCC(=O)Nc2ccc(O)cc2)cc1OCC. The molecule has 0 aliphatic rings. The van der Waals surface area contributed by atoms with E-state index >= 15 is 0 Å². The van der Waals surface area contributed by atoms with E-state index in [2.05, 4.69) is 5.32 Å². The first-order valence-electron chi connectivity index (χ1n) is 8.69. The Morgan fingerprint density at radius 2 is 1.74 bits per heavy atom. The van der Waals surface area contributed by atoms with E-state index in [1.54, 1.807) is 24.3 Å². The van der Waals surface area contributed by atoms with Crippen LogP contribution in [0, 0.1) is 0 Å². The molecule has 0 saturated carbocycles. The summed E-state index contributed by atoms with van der Waals surface area (Å²) in [4.78, 5) is 24.1. The number of nitrogens with one attached hydrogen (secondary N) is 1. The first-order valence-corrected chi connectivity index (χ1v) is 8.69. The predicted octanol–water partition coefficient (Wildman–Crippen LogP) is 3.38. The van der Waals surface area contributed by atoms with Gasteiger partial charge in [0.15, 0.2) is 18.1 Å². The summed E-state index contributed by atoms with van der Waals surface area (Å²) in [7, 11) is 0. The van der Waals surface area contributed by atoms with Gasteiger partial charge in [0.25, 0.3) is 5.91 Å². The summed E-state index contributed by atoms with van der Waals surface area (Å²) in [6, 6.07) is 10.7. The van der Waals surface area contributed by atoms with Gasteiger partial charge in [-0.2, -0.15) is 0 Å². The summed E-state index contributed by atoms with van der Waals surface area (Å²) in [6.07, 6.45) is 0.853. The Balaban J connectivity index is 1.95. The molecular weight excluding hydrogens is 350 g/mol. The van der Waals surface area contributed by atoms with Crippen molar-refractivity contribution in [3.8, 4) is 17.2 Å². The van der Waals surface area contributed by atoms with Crippen LogP contribution in [0.3, 0.4) is 0 Å². The molecule has 1 amide bonds. The lowest BCUT2D eigenvalue weighted by Gasteiger charge is -2.13. The van der Waals surface area contributed by atoms with Gasteiger partial charge >= 0.3 is 5.97 Å². The van der Waals surface area contributed by atoms with Gasteiger partial charge in [-0.05, 0) is 55.8 Å². The number of phenols is 1. The highest BCUT2D eigenvalue weighted by Crippen LogP contribution is 2.29. The highest BCUT2D eigenvalue weighted by Gasteiger charge is 2.14. The van der Waals surface area contributed by atoms with Gasteiger partial charge in [0.05, 0.1) is 18.8 Å². The molecule has 0 fully saturated rings. The summed E-state index contributed by atoms with van der Waals surface area (Å²) < 4.78 is 16.1. The van der Waals surface area contributed by atoms with E-state index in [0.717, 1.165) is 6.42 Å². The van der Waals surface area contributed by atoms with E-state index in [9.17, 15) is 14.7 Å². The number of esters is 1. The summed E-state index contributed by atoms with van der Waals surface area (Å²) >= 11 is 0. The number of benzene rings is 2. The Morgan fingerprint density at radius 3 is 2.41 bits per heavy atom. The van der Waals surface area contributed by atoms with E-state index in [1.807, 2.05) is 13.8 Å². The largest absolute Gasteiger partial charge is 0.508 e. The lowest BCUT2D eigenvalue weighted by atomic mass is 10.2. The van der Waals surface area contributed by atoms with Gasteiger partial charge in [0.2, 0.25) is 0 Å². The molecule has 0 radical (unpaired) electrons. The molecular formula is C20H23NO6. The quantitative estimate of drug-likeness (QED) is 0.517.